The highest BCUT2D eigenvalue weighted by atomic mass is 16.1. The maximum absolute atomic E-state index is 11.1. The molecule has 72 valence electrons. The number of nitrogens with one attached hydrogen (secondary N) is 1. The zero-order valence-corrected chi connectivity index (χ0v) is 7.96. The molecule has 2 aliphatic rings. The van der Waals surface area contributed by atoms with Gasteiger partial charge in [0.15, 0.2) is 0 Å². The second kappa shape index (κ2) is 3.52. The minimum Gasteiger partial charge on any atom is -0.350 e. The van der Waals surface area contributed by atoms with Crippen LogP contribution in [-0.2, 0) is 4.79 Å². The Morgan fingerprint density at radius 3 is 2.46 bits per heavy atom. The molecule has 0 aromatic heterocycles. The Balaban J connectivity index is 1.81. The van der Waals surface area contributed by atoms with Crippen LogP contribution in [-0.4, -0.2) is 11.9 Å². The molecule has 2 heteroatoms. The molecular formula is C11H17NO. The van der Waals surface area contributed by atoms with Crippen LogP contribution in [0.4, 0.5) is 0 Å². The van der Waals surface area contributed by atoms with E-state index in [-0.39, 0.29) is 5.91 Å². The molecule has 0 radical (unpaired) electrons. The highest BCUT2D eigenvalue weighted by molar-refractivity contribution is 5.87. The molecule has 1 amide bonds. The van der Waals surface area contributed by atoms with Gasteiger partial charge in [-0.1, -0.05) is 6.58 Å². The van der Waals surface area contributed by atoms with Crippen LogP contribution in [0.2, 0.25) is 0 Å². The molecular weight excluding hydrogens is 162 g/mol. The Labute approximate surface area is 79.4 Å². The summed E-state index contributed by atoms with van der Waals surface area (Å²) < 4.78 is 0. The summed E-state index contributed by atoms with van der Waals surface area (Å²) in [5, 5.41) is 3.00. The van der Waals surface area contributed by atoms with Crippen molar-refractivity contribution in [2.45, 2.75) is 38.1 Å². The van der Waals surface area contributed by atoms with Crippen molar-refractivity contribution in [2.24, 2.45) is 11.8 Å². The van der Waals surface area contributed by atoms with E-state index in [0.29, 0.717) is 6.04 Å². The lowest BCUT2D eigenvalue weighted by Crippen LogP contribution is -2.43. The van der Waals surface area contributed by atoms with Crippen molar-refractivity contribution in [3.8, 4) is 0 Å². The lowest BCUT2D eigenvalue weighted by molar-refractivity contribution is -0.117. The van der Waals surface area contributed by atoms with Gasteiger partial charge in [-0.3, -0.25) is 4.79 Å². The molecule has 2 fully saturated rings. The smallest absolute Gasteiger partial charge is 0.243 e. The Kier molecular flexibility index (Phi) is 2.38. The van der Waals surface area contributed by atoms with E-state index >= 15 is 0 Å². The van der Waals surface area contributed by atoms with E-state index in [1.165, 1.54) is 38.2 Å². The fourth-order valence-corrected chi connectivity index (χ4v) is 2.62. The molecule has 1 N–H and O–H groups in total. The highest BCUT2D eigenvalue weighted by Gasteiger charge is 2.36. The third-order valence-electron chi connectivity index (χ3n) is 3.58. The van der Waals surface area contributed by atoms with Crippen LogP contribution in [0.5, 0.6) is 0 Å². The van der Waals surface area contributed by atoms with Gasteiger partial charge in [0.1, 0.15) is 0 Å². The van der Waals surface area contributed by atoms with Crippen molar-refractivity contribution in [3.63, 3.8) is 0 Å². The largest absolute Gasteiger partial charge is 0.350 e. The van der Waals surface area contributed by atoms with Gasteiger partial charge in [-0.15, -0.1) is 0 Å². The Morgan fingerprint density at radius 2 is 1.92 bits per heavy atom. The van der Waals surface area contributed by atoms with Crippen LogP contribution in [0.15, 0.2) is 12.7 Å². The third kappa shape index (κ3) is 1.77. The SMILES string of the molecule is C=CC(=O)NC1CCC2CCC2C1. The van der Waals surface area contributed by atoms with E-state index in [0.717, 1.165) is 11.8 Å². The van der Waals surface area contributed by atoms with Crippen LogP contribution in [0.25, 0.3) is 0 Å². The number of rotatable bonds is 2. The van der Waals surface area contributed by atoms with Gasteiger partial charge >= 0.3 is 0 Å². The lowest BCUT2D eigenvalue weighted by atomic mass is 9.64. The van der Waals surface area contributed by atoms with Gasteiger partial charge in [0.05, 0.1) is 0 Å². The van der Waals surface area contributed by atoms with Crippen molar-refractivity contribution in [3.05, 3.63) is 12.7 Å². The minimum atomic E-state index is -0.0113. The molecule has 0 heterocycles. The number of carbonyl (C=O) groups excluding carboxylic acids is 1. The maximum atomic E-state index is 11.1. The first kappa shape index (κ1) is 8.79. The molecule has 3 unspecified atom stereocenters. The minimum absolute atomic E-state index is 0.0113. The molecule has 0 aliphatic heterocycles. The quantitative estimate of drug-likeness (QED) is 0.644. The normalized spacial score (nSPS) is 37.1. The van der Waals surface area contributed by atoms with Crippen molar-refractivity contribution in [2.75, 3.05) is 0 Å². The van der Waals surface area contributed by atoms with Crippen LogP contribution in [0.3, 0.4) is 0 Å². The van der Waals surface area contributed by atoms with E-state index in [4.69, 9.17) is 0 Å². The van der Waals surface area contributed by atoms with Crippen LogP contribution >= 0.6 is 0 Å². The van der Waals surface area contributed by atoms with E-state index in [1.54, 1.807) is 0 Å². The van der Waals surface area contributed by atoms with Crippen molar-refractivity contribution in [1.82, 2.24) is 5.32 Å². The summed E-state index contributed by atoms with van der Waals surface area (Å²) in [6, 6.07) is 0.423. The number of hydrogen-bond donors (Lipinski definition) is 1. The third-order valence-corrected chi connectivity index (χ3v) is 3.58. The predicted octanol–water partition coefficient (Wildman–Crippen LogP) is 1.87. The number of amides is 1. The zero-order chi connectivity index (χ0) is 9.26. The predicted molar refractivity (Wildman–Crippen MR) is 52.2 cm³/mol. The zero-order valence-electron chi connectivity index (χ0n) is 7.96. The van der Waals surface area contributed by atoms with Gasteiger partial charge in [0.25, 0.3) is 0 Å². The van der Waals surface area contributed by atoms with Gasteiger partial charge in [0, 0.05) is 6.04 Å². The van der Waals surface area contributed by atoms with E-state index in [2.05, 4.69) is 11.9 Å². The molecule has 3 atom stereocenters. The fraction of sp³-hybridized carbons (Fsp3) is 0.727. The molecule has 0 aromatic rings. The van der Waals surface area contributed by atoms with Gasteiger partial charge < -0.3 is 5.32 Å². The van der Waals surface area contributed by atoms with Crippen LogP contribution < -0.4 is 5.32 Å². The second-order valence-electron chi connectivity index (χ2n) is 4.32. The fourth-order valence-electron chi connectivity index (χ4n) is 2.62. The highest BCUT2D eigenvalue weighted by Crippen LogP contribution is 2.44. The van der Waals surface area contributed by atoms with Gasteiger partial charge in [-0.2, -0.15) is 0 Å². The molecule has 0 aromatic carbocycles. The van der Waals surface area contributed by atoms with Crippen LogP contribution in [0, 0.1) is 11.8 Å². The van der Waals surface area contributed by atoms with Gasteiger partial charge in [0.2, 0.25) is 5.91 Å². The average Bonchev–Trinajstić information content (AvgIpc) is 2.10. The Morgan fingerprint density at radius 1 is 1.23 bits per heavy atom. The van der Waals surface area contributed by atoms with Crippen molar-refractivity contribution >= 4 is 5.91 Å². The topological polar surface area (TPSA) is 29.1 Å². The molecule has 0 bridgehead atoms. The number of carbonyl (C=O) groups is 1. The Bertz CT molecular complexity index is 224. The average molecular weight is 179 g/mol. The first-order chi connectivity index (χ1) is 6.29. The molecule has 0 saturated heterocycles. The van der Waals surface area contributed by atoms with Crippen molar-refractivity contribution in [1.29, 1.82) is 0 Å². The first-order valence-corrected chi connectivity index (χ1v) is 5.22. The van der Waals surface area contributed by atoms with E-state index < -0.39 is 0 Å². The first-order valence-electron chi connectivity index (χ1n) is 5.22. The summed E-state index contributed by atoms with van der Waals surface area (Å²) in [7, 11) is 0. The molecule has 2 nitrogen and oxygen atoms in total. The lowest BCUT2D eigenvalue weighted by Gasteiger charge is -2.43. The number of hydrogen-bond acceptors (Lipinski definition) is 1. The summed E-state index contributed by atoms with van der Waals surface area (Å²) in [6.07, 6.45) is 7.85. The van der Waals surface area contributed by atoms with Crippen molar-refractivity contribution < 1.29 is 4.79 Å². The van der Waals surface area contributed by atoms with Gasteiger partial charge in [-0.05, 0) is 50.0 Å². The molecule has 0 spiro atoms. The Hall–Kier alpha value is -0.790. The molecule has 13 heavy (non-hydrogen) atoms. The summed E-state index contributed by atoms with van der Waals surface area (Å²) in [5.74, 6) is 1.88. The summed E-state index contributed by atoms with van der Waals surface area (Å²) in [6.45, 7) is 3.46. The maximum Gasteiger partial charge on any atom is 0.243 e. The standard InChI is InChI=1S/C11H17NO/c1-2-11(13)12-10-6-5-8-3-4-9(8)7-10/h2,8-10H,1,3-7H2,(H,12,13). The molecule has 2 aliphatic carbocycles. The second-order valence-corrected chi connectivity index (χ2v) is 4.32. The van der Waals surface area contributed by atoms with E-state index in [9.17, 15) is 4.79 Å². The van der Waals surface area contributed by atoms with Gasteiger partial charge in [-0.25, -0.2) is 0 Å². The van der Waals surface area contributed by atoms with Crippen LogP contribution in [0.1, 0.15) is 32.1 Å². The number of fused-ring (bicyclic) bond motifs is 1. The molecule has 2 saturated carbocycles. The summed E-state index contributed by atoms with van der Waals surface area (Å²) >= 11 is 0. The summed E-state index contributed by atoms with van der Waals surface area (Å²) in [4.78, 5) is 11.1. The monoisotopic (exact) mass is 179 g/mol. The van der Waals surface area contributed by atoms with E-state index in [1.807, 2.05) is 0 Å². The molecule has 2 rings (SSSR count). The summed E-state index contributed by atoms with van der Waals surface area (Å²) in [5.41, 5.74) is 0.